The van der Waals surface area contributed by atoms with Crippen molar-refractivity contribution in [2.24, 2.45) is 0 Å². The van der Waals surface area contributed by atoms with Crippen molar-refractivity contribution >= 4 is 21.6 Å². The summed E-state index contributed by atoms with van der Waals surface area (Å²) in [6.45, 7) is 7.43. The molecule has 1 N–H and O–H groups in total. The van der Waals surface area contributed by atoms with Crippen molar-refractivity contribution in [3.63, 3.8) is 0 Å². The summed E-state index contributed by atoms with van der Waals surface area (Å²) in [6, 6.07) is 13.2. The molecule has 0 aliphatic heterocycles. The minimum Gasteiger partial charge on any atom is -0.494 e. The lowest BCUT2D eigenvalue weighted by Gasteiger charge is -2.24. The van der Waals surface area contributed by atoms with Crippen LogP contribution in [0, 0.1) is 6.92 Å². The van der Waals surface area contributed by atoms with E-state index in [1.807, 2.05) is 20.8 Å². The number of ether oxygens (including phenoxy) is 2. The summed E-state index contributed by atoms with van der Waals surface area (Å²) in [4.78, 5) is 12.6. The van der Waals surface area contributed by atoms with Crippen LogP contribution >= 0.6 is 0 Å². The Hall–Kier alpha value is -2.58. The minimum atomic E-state index is -3.92. The average molecular weight is 435 g/mol. The van der Waals surface area contributed by atoms with E-state index in [1.54, 1.807) is 48.5 Å². The van der Waals surface area contributed by atoms with Gasteiger partial charge in [-0.1, -0.05) is 17.7 Å². The largest absolute Gasteiger partial charge is 0.494 e. The Bertz CT molecular complexity index is 896. The lowest BCUT2D eigenvalue weighted by molar-refractivity contribution is -0.119. The molecule has 0 radical (unpaired) electrons. The Kier molecular flexibility index (Phi) is 9.14. The molecule has 0 aromatic heterocycles. The highest BCUT2D eigenvalue weighted by atomic mass is 32.2. The first-order valence-electron chi connectivity index (χ1n) is 10.0. The molecule has 0 spiro atoms. The number of sulfonamides is 1. The molecule has 0 fully saturated rings. The Morgan fingerprint density at radius 2 is 1.67 bits per heavy atom. The van der Waals surface area contributed by atoms with E-state index in [-0.39, 0.29) is 17.3 Å². The molecule has 0 heterocycles. The molecule has 0 atom stereocenters. The SMILES string of the molecule is CCOCCCNC(=O)CN(c1ccc(OCC)cc1)S(=O)(=O)c1ccc(C)cc1. The monoisotopic (exact) mass is 434 g/mol. The van der Waals surface area contributed by atoms with Gasteiger partial charge in [-0.15, -0.1) is 0 Å². The maximum atomic E-state index is 13.3. The molecule has 0 saturated carbocycles. The summed E-state index contributed by atoms with van der Waals surface area (Å²) in [5.41, 5.74) is 1.34. The number of nitrogens with zero attached hydrogens (tertiary/aromatic N) is 1. The Balaban J connectivity index is 2.23. The first kappa shape index (κ1) is 23.7. The first-order valence-corrected chi connectivity index (χ1v) is 11.5. The lowest BCUT2D eigenvalue weighted by atomic mass is 10.2. The number of aryl methyl sites for hydroxylation is 1. The van der Waals surface area contributed by atoms with Crippen molar-refractivity contribution in [2.75, 3.05) is 37.2 Å². The molecule has 1 amide bonds. The fourth-order valence-corrected chi connectivity index (χ4v) is 4.18. The van der Waals surface area contributed by atoms with Crippen molar-refractivity contribution in [1.29, 1.82) is 0 Å². The summed E-state index contributed by atoms with van der Waals surface area (Å²) < 4.78 is 38.4. The van der Waals surface area contributed by atoms with Gasteiger partial charge in [-0.2, -0.15) is 0 Å². The zero-order chi connectivity index (χ0) is 22.0. The van der Waals surface area contributed by atoms with E-state index >= 15 is 0 Å². The molecule has 164 valence electrons. The van der Waals surface area contributed by atoms with Gasteiger partial charge in [0.1, 0.15) is 12.3 Å². The van der Waals surface area contributed by atoms with E-state index in [4.69, 9.17) is 9.47 Å². The molecule has 0 saturated heterocycles. The van der Waals surface area contributed by atoms with E-state index in [0.717, 1.165) is 9.87 Å². The third-order valence-electron chi connectivity index (χ3n) is 4.32. The van der Waals surface area contributed by atoms with Crippen LogP contribution in [-0.4, -0.2) is 47.2 Å². The minimum absolute atomic E-state index is 0.131. The van der Waals surface area contributed by atoms with Crippen LogP contribution < -0.4 is 14.4 Å². The number of carbonyl (C=O) groups excluding carboxylic acids is 1. The van der Waals surface area contributed by atoms with Gasteiger partial charge < -0.3 is 14.8 Å². The smallest absolute Gasteiger partial charge is 0.264 e. The highest BCUT2D eigenvalue weighted by molar-refractivity contribution is 7.92. The Morgan fingerprint density at radius 3 is 2.27 bits per heavy atom. The predicted octanol–water partition coefficient (Wildman–Crippen LogP) is 3.13. The quantitative estimate of drug-likeness (QED) is 0.519. The van der Waals surface area contributed by atoms with Crippen molar-refractivity contribution in [2.45, 2.75) is 32.1 Å². The fraction of sp³-hybridized carbons (Fsp3) is 0.409. The number of nitrogens with one attached hydrogen (secondary N) is 1. The number of hydrogen-bond donors (Lipinski definition) is 1. The third-order valence-corrected chi connectivity index (χ3v) is 6.11. The molecule has 0 aliphatic carbocycles. The Labute approximate surface area is 179 Å². The van der Waals surface area contributed by atoms with Gasteiger partial charge in [0.15, 0.2) is 0 Å². The number of benzene rings is 2. The van der Waals surface area contributed by atoms with Crippen LogP contribution in [0.1, 0.15) is 25.8 Å². The Morgan fingerprint density at radius 1 is 1.00 bits per heavy atom. The van der Waals surface area contributed by atoms with Gasteiger partial charge in [0, 0.05) is 19.8 Å². The molecular formula is C22H30N2O5S. The highest BCUT2D eigenvalue weighted by Crippen LogP contribution is 2.26. The highest BCUT2D eigenvalue weighted by Gasteiger charge is 2.27. The molecule has 2 rings (SSSR count). The van der Waals surface area contributed by atoms with Crippen LogP contribution in [0.3, 0.4) is 0 Å². The molecular weight excluding hydrogens is 404 g/mol. The van der Waals surface area contributed by atoms with Gasteiger partial charge >= 0.3 is 0 Å². The normalized spacial score (nSPS) is 11.2. The summed E-state index contributed by atoms with van der Waals surface area (Å²) in [6.07, 6.45) is 0.660. The van der Waals surface area contributed by atoms with Gasteiger partial charge in [0.2, 0.25) is 5.91 Å². The molecule has 0 unspecified atom stereocenters. The van der Waals surface area contributed by atoms with E-state index in [0.29, 0.717) is 44.2 Å². The number of rotatable bonds is 12. The van der Waals surface area contributed by atoms with Crippen molar-refractivity contribution < 1.29 is 22.7 Å². The number of carbonyl (C=O) groups is 1. The predicted molar refractivity (Wildman–Crippen MR) is 117 cm³/mol. The van der Waals surface area contributed by atoms with Gasteiger partial charge in [0.05, 0.1) is 17.2 Å². The number of amides is 1. The van der Waals surface area contributed by atoms with Crippen LogP contribution in [-0.2, 0) is 19.6 Å². The summed E-state index contributed by atoms with van der Waals surface area (Å²) in [5.74, 6) is 0.255. The van der Waals surface area contributed by atoms with Gasteiger partial charge in [-0.05, 0) is 63.6 Å². The topological polar surface area (TPSA) is 84.9 Å². The van der Waals surface area contributed by atoms with Crippen LogP contribution in [0.25, 0.3) is 0 Å². The first-order chi connectivity index (χ1) is 14.4. The van der Waals surface area contributed by atoms with Crippen LogP contribution in [0.4, 0.5) is 5.69 Å². The molecule has 7 nitrogen and oxygen atoms in total. The molecule has 2 aromatic rings. The second-order valence-corrected chi connectivity index (χ2v) is 8.51. The van der Waals surface area contributed by atoms with Crippen LogP contribution in [0.15, 0.2) is 53.4 Å². The van der Waals surface area contributed by atoms with Crippen molar-refractivity contribution in [1.82, 2.24) is 5.32 Å². The van der Waals surface area contributed by atoms with Crippen molar-refractivity contribution in [3.05, 3.63) is 54.1 Å². The lowest BCUT2D eigenvalue weighted by Crippen LogP contribution is -2.41. The molecule has 0 bridgehead atoms. The molecule has 8 heteroatoms. The van der Waals surface area contributed by atoms with Crippen molar-refractivity contribution in [3.8, 4) is 5.75 Å². The van der Waals surface area contributed by atoms with E-state index < -0.39 is 10.0 Å². The van der Waals surface area contributed by atoms with E-state index in [1.165, 1.54) is 0 Å². The fourth-order valence-electron chi connectivity index (χ4n) is 2.76. The maximum Gasteiger partial charge on any atom is 0.264 e. The van der Waals surface area contributed by atoms with Gasteiger partial charge in [-0.3, -0.25) is 9.10 Å². The van der Waals surface area contributed by atoms with Gasteiger partial charge in [-0.25, -0.2) is 8.42 Å². The van der Waals surface area contributed by atoms with Gasteiger partial charge in [0.25, 0.3) is 10.0 Å². The number of hydrogen-bond acceptors (Lipinski definition) is 5. The molecule has 0 aliphatic rings. The maximum absolute atomic E-state index is 13.3. The zero-order valence-electron chi connectivity index (χ0n) is 17.8. The second-order valence-electron chi connectivity index (χ2n) is 6.65. The average Bonchev–Trinajstić information content (AvgIpc) is 2.73. The summed E-state index contributed by atoms with van der Waals surface area (Å²) in [5, 5.41) is 2.76. The molecule has 30 heavy (non-hydrogen) atoms. The van der Waals surface area contributed by atoms with Crippen LogP contribution in [0.2, 0.25) is 0 Å². The second kappa shape index (κ2) is 11.6. The number of anilines is 1. The summed E-state index contributed by atoms with van der Waals surface area (Å²) >= 11 is 0. The standard InChI is InChI=1S/C22H30N2O5S/c1-4-28-16-6-15-23-22(25)17-24(19-9-11-20(12-10-19)29-5-2)30(26,27)21-13-7-18(3)8-14-21/h7-14H,4-6,15-17H2,1-3H3,(H,23,25). The third kappa shape index (κ3) is 6.74. The summed E-state index contributed by atoms with van der Waals surface area (Å²) in [7, 11) is -3.92. The van der Waals surface area contributed by atoms with Crippen LogP contribution in [0.5, 0.6) is 5.75 Å². The molecule has 2 aromatic carbocycles. The van der Waals surface area contributed by atoms with E-state index in [9.17, 15) is 13.2 Å². The zero-order valence-corrected chi connectivity index (χ0v) is 18.6. The van der Waals surface area contributed by atoms with E-state index in [2.05, 4.69) is 5.32 Å².